The van der Waals surface area contributed by atoms with E-state index in [1.165, 1.54) is 0 Å². The Kier molecular flexibility index (Phi) is 2.51. The van der Waals surface area contributed by atoms with E-state index >= 15 is 0 Å². The lowest BCUT2D eigenvalue weighted by molar-refractivity contribution is 0.598. The summed E-state index contributed by atoms with van der Waals surface area (Å²) in [6.45, 7) is 2.03. The van der Waals surface area contributed by atoms with Gasteiger partial charge in [-0.25, -0.2) is 0 Å². The molecule has 0 spiro atoms. The number of rotatable bonds is 3. The third kappa shape index (κ3) is 2.84. The summed E-state index contributed by atoms with van der Waals surface area (Å²) < 4.78 is 14.9. The summed E-state index contributed by atoms with van der Waals surface area (Å²) in [5.74, 6) is 0.747. The second kappa shape index (κ2) is 3.20. The maximum atomic E-state index is 10.8. The fourth-order valence-electron chi connectivity index (χ4n) is 0.574. The molecule has 1 fully saturated rings. The first-order chi connectivity index (χ1) is 4.33. The summed E-state index contributed by atoms with van der Waals surface area (Å²) in [4.78, 5) is 0. The summed E-state index contributed by atoms with van der Waals surface area (Å²) in [6.07, 6.45) is 3.30. The molecular formula is C6H12NOS-. The Morgan fingerprint density at radius 2 is 2.33 bits per heavy atom. The molecule has 0 saturated heterocycles. The van der Waals surface area contributed by atoms with Crippen LogP contribution in [-0.4, -0.2) is 11.8 Å². The van der Waals surface area contributed by atoms with Crippen LogP contribution in [0.2, 0.25) is 0 Å². The van der Waals surface area contributed by atoms with Gasteiger partial charge in [0.05, 0.1) is 0 Å². The maximum absolute atomic E-state index is 10.8. The Labute approximate surface area is 57.9 Å². The smallest absolute Gasteiger partial charge is 0.0239 e. The second-order valence-electron chi connectivity index (χ2n) is 2.36. The molecule has 2 nitrogen and oxygen atoms in total. The molecule has 0 unspecified atom stereocenters. The van der Waals surface area contributed by atoms with Crippen molar-refractivity contribution in [2.75, 3.05) is 5.75 Å². The van der Waals surface area contributed by atoms with Gasteiger partial charge < -0.3 is 8.57 Å². The Morgan fingerprint density at radius 3 is 2.78 bits per heavy atom. The van der Waals surface area contributed by atoms with Gasteiger partial charge in [0.15, 0.2) is 0 Å². The normalized spacial score (nSPS) is 22.3. The molecule has 0 radical (unpaired) electrons. The summed E-state index contributed by atoms with van der Waals surface area (Å²) >= 11 is 0. The van der Waals surface area contributed by atoms with Gasteiger partial charge in [-0.2, -0.15) is 10.6 Å². The van der Waals surface area contributed by atoms with Crippen LogP contribution in [0.3, 0.4) is 0 Å². The quantitative estimate of drug-likeness (QED) is 0.557. The molecule has 1 aliphatic carbocycles. The van der Waals surface area contributed by atoms with Gasteiger partial charge >= 0.3 is 0 Å². The number of hydrogen-bond acceptors (Lipinski definition) is 3. The molecule has 0 aromatic rings. The van der Waals surface area contributed by atoms with Crippen molar-refractivity contribution in [3.05, 3.63) is 0 Å². The monoisotopic (exact) mass is 146 g/mol. The number of nitrogens with zero attached hydrogens (tertiary/aromatic N) is 1. The Balaban J connectivity index is 2.29. The van der Waals surface area contributed by atoms with Crippen molar-refractivity contribution < 1.29 is 4.21 Å². The fourth-order valence-corrected chi connectivity index (χ4v) is 1.57. The lowest BCUT2D eigenvalue weighted by atomic mass is 10.6. The lowest BCUT2D eigenvalue weighted by Gasteiger charge is -1.98. The van der Waals surface area contributed by atoms with E-state index < -0.39 is 10.6 Å². The molecule has 0 heterocycles. The minimum atomic E-state index is -0.863. The van der Waals surface area contributed by atoms with Crippen molar-refractivity contribution in [1.82, 2.24) is 0 Å². The third-order valence-corrected chi connectivity index (χ3v) is 2.48. The molecule has 0 N–H and O–H groups in total. The first kappa shape index (κ1) is 7.06. The highest BCUT2D eigenvalue weighted by atomic mass is 32.2. The minimum absolute atomic E-state index is 0.456. The zero-order valence-electron chi connectivity index (χ0n) is 5.67. The lowest BCUT2D eigenvalue weighted by Crippen LogP contribution is -1.84. The number of hydrogen-bond donors (Lipinski definition) is 0. The molecule has 0 atom stereocenters. The highest BCUT2D eigenvalue weighted by Crippen LogP contribution is 2.23. The molecule has 0 amide bonds. The average Bonchev–Trinajstić information content (AvgIpc) is 2.50. The van der Waals surface area contributed by atoms with Crippen molar-refractivity contribution in [2.24, 2.45) is 4.36 Å². The van der Waals surface area contributed by atoms with Crippen LogP contribution in [-0.2, 0) is 14.8 Å². The maximum Gasteiger partial charge on any atom is 0.0239 e. The van der Waals surface area contributed by atoms with Gasteiger partial charge in [-0.15, -0.1) is 0 Å². The van der Waals surface area contributed by atoms with Gasteiger partial charge in [-0.3, -0.25) is 0 Å². The molecule has 1 saturated carbocycles. The third-order valence-electron chi connectivity index (χ3n) is 1.19. The van der Waals surface area contributed by atoms with Crippen molar-refractivity contribution >= 4 is 10.6 Å². The van der Waals surface area contributed by atoms with Crippen LogP contribution in [0.5, 0.6) is 0 Å². The molecule has 0 bridgehead atoms. The van der Waals surface area contributed by atoms with Gasteiger partial charge in [-0.05, 0) is 12.8 Å². The molecule has 1 rings (SSSR count). The summed E-state index contributed by atoms with van der Waals surface area (Å²) in [5, 5.41) is 0. The molecule has 9 heavy (non-hydrogen) atoms. The van der Waals surface area contributed by atoms with E-state index in [0.29, 0.717) is 6.04 Å². The van der Waals surface area contributed by atoms with Crippen LogP contribution in [0.15, 0.2) is 4.36 Å². The van der Waals surface area contributed by atoms with E-state index in [9.17, 15) is 4.21 Å². The average molecular weight is 146 g/mol. The molecule has 54 valence electrons. The van der Waals surface area contributed by atoms with Gasteiger partial charge in [0.25, 0.3) is 0 Å². The van der Waals surface area contributed by atoms with E-state index in [1.807, 2.05) is 6.92 Å². The second-order valence-corrected chi connectivity index (χ2v) is 3.62. The van der Waals surface area contributed by atoms with E-state index in [4.69, 9.17) is 0 Å². The molecule has 0 aliphatic heterocycles. The summed E-state index contributed by atoms with van der Waals surface area (Å²) in [7, 11) is -0.863. The van der Waals surface area contributed by atoms with Gasteiger partial charge in [0, 0.05) is 6.04 Å². The van der Waals surface area contributed by atoms with Crippen molar-refractivity contribution in [2.45, 2.75) is 32.2 Å². The van der Waals surface area contributed by atoms with Crippen LogP contribution in [0.4, 0.5) is 0 Å². The topological polar surface area (TPSA) is 29.4 Å². The van der Waals surface area contributed by atoms with E-state index in [-0.39, 0.29) is 0 Å². The van der Waals surface area contributed by atoms with Gasteiger partial charge in [-0.1, -0.05) is 19.1 Å². The SMILES string of the molecule is CCC[S-](=O)=NC1CC1. The predicted molar refractivity (Wildman–Crippen MR) is 38.7 cm³/mol. The van der Waals surface area contributed by atoms with Crippen LogP contribution >= 0.6 is 0 Å². The molecular weight excluding hydrogens is 134 g/mol. The van der Waals surface area contributed by atoms with Gasteiger partial charge in [0.2, 0.25) is 0 Å². The first-order valence-electron chi connectivity index (χ1n) is 3.42. The van der Waals surface area contributed by atoms with Crippen molar-refractivity contribution in [3.8, 4) is 0 Å². The highest BCUT2D eigenvalue weighted by molar-refractivity contribution is 7.74. The Morgan fingerprint density at radius 1 is 1.67 bits per heavy atom. The molecule has 0 aromatic heterocycles. The zero-order chi connectivity index (χ0) is 6.69. The molecule has 3 heteroatoms. The summed E-state index contributed by atoms with van der Waals surface area (Å²) in [6, 6.07) is 0.456. The van der Waals surface area contributed by atoms with E-state index in [0.717, 1.165) is 25.0 Å². The predicted octanol–water partition coefficient (Wildman–Crippen LogP) is 1.71. The fraction of sp³-hybridized carbons (Fsp3) is 1.00. The molecule has 1 aliphatic rings. The van der Waals surface area contributed by atoms with Crippen molar-refractivity contribution in [1.29, 1.82) is 0 Å². The standard InChI is InChI=1S/C6H12NOS/c1-2-5-9(8)7-6-3-4-6/h6H,2-5H2,1H3/q-1. The van der Waals surface area contributed by atoms with Gasteiger partial charge in [0.1, 0.15) is 0 Å². The van der Waals surface area contributed by atoms with Crippen LogP contribution in [0.25, 0.3) is 0 Å². The van der Waals surface area contributed by atoms with Crippen LogP contribution < -0.4 is 0 Å². The largest absolute Gasteiger partial charge is 0.444 e. The Hall–Kier alpha value is -0.0500. The molecule has 0 aromatic carbocycles. The Bertz CT molecular complexity index is 156. The van der Waals surface area contributed by atoms with E-state index in [2.05, 4.69) is 4.36 Å². The van der Waals surface area contributed by atoms with Crippen LogP contribution in [0, 0.1) is 0 Å². The zero-order valence-corrected chi connectivity index (χ0v) is 6.49. The minimum Gasteiger partial charge on any atom is -0.444 e. The van der Waals surface area contributed by atoms with Crippen LogP contribution in [0.1, 0.15) is 26.2 Å². The van der Waals surface area contributed by atoms with Crippen molar-refractivity contribution in [3.63, 3.8) is 0 Å². The first-order valence-corrected chi connectivity index (χ1v) is 4.70. The summed E-state index contributed by atoms with van der Waals surface area (Å²) in [5.41, 5.74) is 0. The highest BCUT2D eigenvalue weighted by Gasteiger charge is 2.16. The van der Waals surface area contributed by atoms with E-state index in [1.54, 1.807) is 0 Å².